The number of anilines is 1. The summed E-state index contributed by atoms with van der Waals surface area (Å²) in [7, 11) is -1.88. The second-order valence-electron chi connectivity index (χ2n) is 8.62. The van der Waals surface area contributed by atoms with E-state index < -0.39 is 10.0 Å². The molecule has 1 amide bonds. The first kappa shape index (κ1) is 19.3. The average molecular weight is 429 g/mol. The standard InChI is InChI=1S/C20H24N6O3S/c1-13-9-21-19-25(12-14-10-22-24(3)11-14)18(27)16-8-15(4-5-17(16)26(13)19)30(28,29)23-20(2)6-7-20/h4-5,8,10-11,13,23H,6-7,9,12H2,1-3H3/t13-/m1/s1. The minimum absolute atomic E-state index is 0.0780. The van der Waals surface area contributed by atoms with E-state index in [-0.39, 0.29) is 22.4 Å². The highest BCUT2D eigenvalue weighted by Crippen LogP contribution is 2.38. The molecule has 1 aromatic carbocycles. The van der Waals surface area contributed by atoms with E-state index in [9.17, 15) is 13.2 Å². The fourth-order valence-corrected chi connectivity index (χ4v) is 5.47. The van der Waals surface area contributed by atoms with Gasteiger partial charge in [-0.1, -0.05) is 0 Å². The molecule has 0 bridgehead atoms. The molecule has 2 aromatic rings. The molecule has 1 fully saturated rings. The van der Waals surface area contributed by atoms with Crippen LogP contribution in [-0.2, 0) is 23.6 Å². The molecular formula is C20H24N6O3S. The SMILES string of the molecule is C[C@@H]1CN=C2N(Cc3cnn(C)c3)C(=O)c3cc(S(=O)(=O)NC4(C)CC4)ccc3N21. The summed E-state index contributed by atoms with van der Waals surface area (Å²) in [5.41, 5.74) is 1.57. The largest absolute Gasteiger partial charge is 0.307 e. The molecule has 0 spiro atoms. The summed E-state index contributed by atoms with van der Waals surface area (Å²) in [6, 6.07) is 4.85. The number of hydrogen-bond donors (Lipinski definition) is 1. The maximum Gasteiger partial charge on any atom is 0.263 e. The van der Waals surface area contributed by atoms with Crippen molar-refractivity contribution in [3.63, 3.8) is 0 Å². The number of aromatic nitrogens is 2. The van der Waals surface area contributed by atoms with Gasteiger partial charge in [0.25, 0.3) is 5.91 Å². The highest BCUT2D eigenvalue weighted by atomic mass is 32.2. The number of nitrogens with zero attached hydrogens (tertiary/aromatic N) is 5. The number of aryl methyl sites for hydroxylation is 1. The predicted molar refractivity (Wildman–Crippen MR) is 112 cm³/mol. The summed E-state index contributed by atoms with van der Waals surface area (Å²) in [4.78, 5) is 21.7. The van der Waals surface area contributed by atoms with Crippen LogP contribution < -0.4 is 9.62 Å². The number of carbonyl (C=O) groups excluding carboxylic acids is 1. The number of fused-ring (bicyclic) bond motifs is 3. The van der Waals surface area contributed by atoms with E-state index >= 15 is 0 Å². The normalized spacial score (nSPS) is 22.0. The highest BCUT2D eigenvalue weighted by Gasteiger charge is 2.43. The Kier molecular flexibility index (Phi) is 4.10. The molecule has 1 aromatic heterocycles. The van der Waals surface area contributed by atoms with Crippen LogP contribution in [0.15, 0.2) is 40.5 Å². The third-order valence-corrected chi connectivity index (χ3v) is 7.52. The summed E-state index contributed by atoms with van der Waals surface area (Å²) in [6.07, 6.45) is 5.21. The number of benzene rings is 1. The Balaban J connectivity index is 1.55. The first-order valence-corrected chi connectivity index (χ1v) is 11.5. The first-order chi connectivity index (χ1) is 14.2. The number of amides is 1. The topological polar surface area (TPSA) is 99.9 Å². The number of hydrogen-bond acceptors (Lipinski definition) is 6. The highest BCUT2D eigenvalue weighted by molar-refractivity contribution is 7.89. The second-order valence-corrected chi connectivity index (χ2v) is 10.3. The van der Waals surface area contributed by atoms with Gasteiger partial charge in [-0.15, -0.1) is 0 Å². The van der Waals surface area contributed by atoms with Gasteiger partial charge in [-0.2, -0.15) is 5.10 Å². The molecule has 2 aliphatic heterocycles. The number of rotatable bonds is 5. The van der Waals surface area contributed by atoms with Gasteiger partial charge in [-0.3, -0.25) is 19.4 Å². The molecule has 1 N–H and O–H groups in total. The van der Waals surface area contributed by atoms with Gasteiger partial charge in [0.2, 0.25) is 16.0 Å². The number of guanidine groups is 1. The maximum absolute atomic E-state index is 13.4. The molecular weight excluding hydrogens is 404 g/mol. The van der Waals surface area contributed by atoms with Crippen molar-refractivity contribution in [2.45, 2.75) is 49.7 Å². The van der Waals surface area contributed by atoms with Crippen LogP contribution in [0.5, 0.6) is 0 Å². The lowest BCUT2D eigenvalue weighted by Gasteiger charge is -2.38. The van der Waals surface area contributed by atoms with Crippen molar-refractivity contribution in [2.24, 2.45) is 12.0 Å². The molecule has 30 heavy (non-hydrogen) atoms. The maximum atomic E-state index is 13.4. The van der Waals surface area contributed by atoms with Gasteiger partial charge in [-0.25, -0.2) is 13.1 Å². The van der Waals surface area contributed by atoms with Gasteiger partial charge in [0.1, 0.15) is 0 Å². The lowest BCUT2D eigenvalue weighted by atomic mass is 10.1. The van der Waals surface area contributed by atoms with Gasteiger partial charge in [0.15, 0.2) is 0 Å². The molecule has 10 heteroatoms. The molecule has 3 heterocycles. The zero-order chi connectivity index (χ0) is 21.3. The van der Waals surface area contributed by atoms with Gasteiger partial charge < -0.3 is 4.90 Å². The van der Waals surface area contributed by atoms with Crippen molar-refractivity contribution < 1.29 is 13.2 Å². The van der Waals surface area contributed by atoms with E-state index in [1.807, 2.05) is 32.0 Å². The fraction of sp³-hybridized carbons (Fsp3) is 0.450. The van der Waals surface area contributed by atoms with Gasteiger partial charge >= 0.3 is 0 Å². The molecule has 0 radical (unpaired) electrons. The molecule has 5 rings (SSSR count). The minimum Gasteiger partial charge on any atom is -0.307 e. The Morgan fingerprint density at radius 2 is 2.07 bits per heavy atom. The molecule has 0 saturated heterocycles. The third kappa shape index (κ3) is 3.10. The van der Waals surface area contributed by atoms with Gasteiger partial charge in [0.05, 0.1) is 41.5 Å². The summed E-state index contributed by atoms with van der Waals surface area (Å²) in [5, 5.41) is 4.18. The summed E-state index contributed by atoms with van der Waals surface area (Å²) in [5.74, 6) is 0.343. The van der Waals surface area contributed by atoms with Gasteiger partial charge in [0, 0.05) is 24.3 Å². The van der Waals surface area contributed by atoms with Crippen molar-refractivity contribution in [1.82, 2.24) is 19.4 Å². The lowest BCUT2D eigenvalue weighted by Crippen LogP contribution is -2.52. The fourth-order valence-electron chi connectivity index (χ4n) is 3.98. The molecule has 1 atom stereocenters. The van der Waals surface area contributed by atoms with Crippen molar-refractivity contribution in [3.8, 4) is 0 Å². The zero-order valence-corrected chi connectivity index (χ0v) is 18.0. The van der Waals surface area contributed by atoms with Crippen molar-refractivity contribution >= 4 is 27.6 Å². The first-order valence-electron chi connectivity index (χ1n) is 9.98. The number of carbonyl (C=O) groups is 1. The summed E-state index contributed by atoms with van der Waals surface area (Å²) < 4.78 is 30.2. The quantitative estimate of drug-likeness (QED) is 0.777. The molecule has 3 aliphatic rings. The van der Waals surface area contributed by atoms with E-state index in [1.54, 1.807) is 27.9 Å². The Morgan fingerprint density at radius 1 is 1.30 bits per heavy atom. The smallest absolute Gasteiger partial charge is 0.263 e. The second kappa shape index (κ2) is 6.39. The summed E-state index contributed by atoms with van der Waals surface area (Å²) in [6.45, 7) is 4.82. The van der Waals surface area contributed by atoms with Gasteiger partial charge in [-0.05, 0) is 44.9 Å². The molecule has 9 nitrogen and oxygen atoms in total. The number of nitrogens with one attached hydrogen (secondary N) is 1. The summed E-state index contributed by atoms with van der Waals surface area (Å²) >= 11 is 0. The van der Waals surface area contributed by atoms with Crippen LogP contribution in [0, 0.1) is 0 Å². The van der Waals surface area contributed by atoms with Crippen LogP contribution in [0.4, 0.5) is 5.69 Å². The zero-order valence-electron chi connectivity index (χ0n) is 17.2. The Morgan fingerprint density at radius 3 is 2.73 bits per heavy atom. The van der Waals surface area contributed by atoms with E-state index in [2.05, 4.69) is 14.8 Å². The van der Waals surface area contributed by atoms with E-state index in [4.69, 9.17) is 0 Å². The average Bonchev–Trinajstić information content (AvgIpc) is 3.07. The molecule has 158 valence electrons. The number of aliphatic imine (C=N–C) groups is 1. The molecule has 1 saturated carbocycles. The van der Waals surface area contributed by atoms with Crippen LogP contribution in [0.2, 0.25) is 0 Å². The molecule has 0 unspecified atom stereocenters. The number of sulfonamides is 1. The lowest BCUT2D eigenvalue weighted by molar-refractivity contribution is 0.0833. The predicted octanol–water partition coefficient (Wildman–Crippen LogP) is 1.47. The van der Waals surface area contributed by atoms with Crippen LogP contribution in [0.3, 0.4) is 0 Å². The van der Waals surface area contributed by atoms with Crippen molar-refractivity contribution in [1.29, 1.82) is 0 Å². The minimum atomic E-state index is -3.70. The Bertz CT molecular complexity index is 1180. The van der Waals surface area contributed by atoms with E-state index in [1.165, 1.54) is 6.07 Å². The van der Waals surface area contributed by atoms with Crippen LogP contribution >= 0.6 is 0 Å². The van der Waals surface area contributed by atoms with E-state index in [0.717, 1.165) is 18.4 Å². The third-order valence-electron chi connectivity index (χ3n) is 5.89. The van der Waals surface area contributed by atoms with Crippen LogP contribution in [0.1, 0.15) is 42.6 Å². The van der Waals surface area contributed by atoms with Crippen molar-refractivity contribution in [3.05, 3.63) is 41.7 Å². The Labute approximate surface area is 175 Å². The molecule has 1 aliphatic carbocycles. The van der Waals surface area contributed by atoms with Crippen LogP contribution in [-0.4, -0.2) is 53.1 Å². The van der Waals surface area contributed by atoms with Crippen molar-refractivity contribution in [2.75, 3.05) is 11.4 Å². The van der Waals surface area contributed by atoms with E-state index in [0.29, 0.717) is 30.3 Å². The monoisotopic (exact) mass is 428 g/mol. The Hall–Kier alpha value is -2.72. The van der Waals surface area contributed by atoms with Crippen LogP contribution in [0.25, 0.3) is 0 Å².